The van der Waals surface area contributed by atoms with Gasteiger partial charge in [-0.15, -0.1) is 0 Å². The number of nitrogens with zero attached hydrogens (tertiary/aromatic N) is 6. The van der Waals surface area contributed by atoms with Crippen molar-refractivity contribution in [1.29, 1.82) is 0 Å². The van der Waals surface area contributed by atoms with Crippen LogP contribution in [0.25, 0.3) is 16.7 Å². The lowest BCUT2D eigenvalue weighted by molar-refractivity contribution is -0.127. The predicted molar refractivity (Wildman–Crippen MR) is 127 cm³/mol. The third-order valence-electron chi connectivity index (χ3n) is 5.81. The molecule has 10 nitrogen and oxygen atoms in total. The molecule has 0 unspecified atom stereocenters. The van der Waals surface area contributed by atoms with Gasteiger partial charge in [-0.2, -0.15) is 0 Å². The van der Waals surface area contributed by atoms with E-state index in [0.717, 1.165) is 42.6 Å². The zero-order valence-corrected chi connectivity index (χ0v) is 18.9. The second-order valence-electron chi connectivity index (χ2n) is 7.95. The van der Waals surface area contributed by atoms with Gasteiger partial charge in [0.2, 0.25) is 17.7 Å². The molecular formula is C23H29N7O3. The molecule has 2 saturated heterocycles. The van der Waals surface area contributed by atoms with Crippen LogP contribution < -0.4 is 4.74 Å². The third kappa shape index (κ3) is 5.28. The van der Waals surface area contributed by atoms with Gasteiger partial charge in [-0.3, -0.25) is 4.79 Å². The summed E-state index contributed by atoms with van der Waals surface area (Å²) in [4.78, 5) is 36.5. The molecule has 2 aromatic rings. The number of amides is 1. The summed E-state index contributed by atoms with van der Waals surface area (Å²) in [6.07, 6.45) is 8.08. The van der Waals surface area contributed by atoms with E-state index in [1.54, 1.807) is 17.3 Å². The third-order valence-corrected chi connectivity index (χ3v) is 5.81. The first-order valence-corrected chi connectivity index (χ1v) is 11.1. The maximum atomic E-state index is 11.8. The van der Waals surface area contributed by atoms with Gasteiger partial charge in [0, 0.05) is 57.0 Å². The number of ether oxygens (including phenoxy) is 2. The van der Waals surface area contributed by atoms with E-state index in [2.05, 4.69) is 38.1 Å². The summed E-state index contributed by atoms with van der Waals surface area (Å²) in [5.74, 6) is 1.00. The first-order valence-electron chi connectivity index (χ1n) is 11.1. The number of guanidine groups is 1. The number of aromatic amines is 1. The number of rotatable bonds is 5. The number of hydrogen-bond donors (Lipinski definition) is 1. The Hall–Kier alpha value is -3.53. The van der Waals surface area contributed by atoms with Crippen LogP contribution in [0.15, 0.2) is 41.2 Å². The summed E-state index contributed by atoms with van der Waals surface area (Å²) in [6, 6.07) is 0. The van der Waals surface area contributed by atoms with Crippen molar-refractivity contribution in [2.24, 2.45) is 9.98 Å². The summed E-state index contributed by atoms with van der Waals surface area (Å²) >= 11 is 0. The van der Waals surface area contributed by atoms with Gasteiger partial charge < -0.3 is 24.3 Å². The maximum absolute atomic E-state index is 11.8. The molecule has 1 amide bonds. The van der Waals surface area contributed by atoms with E-state index >= 15 is 0 Å². The number of morpholine rings is 1. The number of aliphatic imine (C=N–C) groups is 2. The van der Waals surface area contributed by atoms with Crippen molar-refractivity contribution in [1.82, 2.24) is 24.8 Å². The number of H-pyrrole nitrogens is 1. The second-order valence-corrected chi connectivity index (χ2v) is 7.95. The molecule has 0 radical (unpaired) electrons. The molecule has 0 saturated carbocycles. The van der Waals surface area contributed by atoms with Gasteiger partial charge >= 0.3 is 0 Å². The van der Waals surface area contributed by atoms with Gasteiger partial charge in [-0.1, -0.05) is 6.58 Å². The molecule has 33 heavy (non-hydrogen) atoms. The molecule has 2 aliphatic heterocycles. The highest BCUT2D eigenvalue weighted by atomic mass is 16.5. The Morgan fingerprint density at radius 1 is 1.27 bits per heavy atom. The first kappa shape index (κ1) is 22.7. The molecule has 2 aliphatic rings. The normalized spacial score (nSPS) is 18.5. The minimum Gasteiger partial charge on any atom is -0.473 e. The van der Waals surface area contributed by atoms with Crippen LogP contribution in [0.1, 0.15) is 25.3 Å². The van der Waals surface area contributed by atoms with E-state index in [4.69, 9.17) is 14.5 Å². The van der Waals surface area contributed by atoms with Crippen LogP contribution in [-0.2, 0) is 9.53 Å². The van der Waals surface area contributed by atoms with Crippen LogP contribution in [0.2, 0.25) is 0 Å². The Balaban J connectivity index is 1.48. The zero-order valence-electron chi connectivity index (χ0n) is 18.9. The van der Waals surface area contributed by atoms with Gasteiger partial charge in [-0.05, 0) is 25.3 Å². The fourth-order valence-corrected chi connectivity index (χ4v) is 3.94. The highest BCUT2D eigenvalue weighted by Crippen LogP contribution is 2.25. The quantitative estimate of drug-likeness (QED) is 0.424. The standard InChI is InChI=1S/C23H29N7O3/c1-4-20(31)29-7-5-17(6-8-29)33-19-15-26-22-21(28-19)18(14-25-22)16(2)13-27-23(24-3)30-9-11-32-12-10-30/h4,13-15,17H,1,3,5-12H2,2H3,(H,25,26)/b16-13+,27-23+. The van der Waals surface area contributed by atoms with E-state index in [9.17, 15) is 4.79 Å². The number of carbonyl (C=O) groups excluding carboxylic acids is 1. The summed E-state index contributed by atoms with van der Waals surface area (Å²) in [5, 5.41) is 0. The molecular weight excluding hydrogens is 422 g/mol. The molecule has 0 spiro atoms. The molecule has 174 valence electrons. The van der Waals surface area contributed by atoms with Crippen LogP contribution >= 0.6 is 0 Å². The van der Waals surface area contributed by atoms with Crippen LogP contribution in [0, 0.1) is 0 Å². The molecule has 0 bridgehead atoms. The summed E-state index contributed by atoms with van der Waals surface area (Å²) in [7, 11) is 0. The fraction of sp³-hybridized carbons (Fsp3) is 0.435. The Morgan fingerprint density at radius 2 is 2.03 bits per heavy atom. The highest BCUT2D eigenvalue weighted by molar-refractivity contribution is 5.89. The lowest BCUT2D eigenvalue weighted by Gasteiger charge is -2.31. The molecule has 0 aromatic carbocycles. The average molecular weight is 452 g/mol. The number of hydrogen-bond acceptors (Lipinski definition) is 6. The summed E-state index contributed by atoms with van der Waals surface area (Å²) in [5.41, 5.74) is 3.20. The van der Waals surface area contributed by atoms with E-state index in [-0.39, 0.29) is 12.0 Å². The monoisotopic (exact) mass is 451 g/mol. The van der Waals surface area contributed by atoms with Gasteiger partial charge in [-0.25, -0.2) is 20.0 Å². The molecule has 2 aromatic heterocycles. The van der Waals surface area contributed by atoms with Gasteiger partial charge in [0.25, 0.3) is 0 Å². The first-order chi connectivity index (χ1) is 16.1. The lowest BCUT2D eigenvalue weighted by atomic mass is 10.1. The number of aromatic nitrogens is 3. The van der Waals surface area contributed by atoms with Crippen molar-refractivity contribution in [3.8, 4) is 5.88 Å². The highest BCUT2D eigenvalue weighted by Gasteiger charge is 2.23. The Bertz CT molecular complexity index is 1080. The summed E-state index contributed by atoms with van der Waals surface area (Å²) < 4.78 is 11.5. The van der Waals surface area contributed by atoms with E-state index in [1.807, 2.05) is 13.1 Å². The topological polar surface area (TPSA) is 108 Å². The van der Waals surface area contributed by atoms with Crippen molar-refractivity contribution >= 4 is 35.3 Å². The van der Waals surface area contributed by atoms with Gasteiger partial charge in [0.1, 0.15) is 11.6 Å². The van der Waals surface area contributed by atoms with Crippen molar-refractivity contribution in [3.63, 3.8) is 0 Å². The fourth-order valence-electron chi connectivity index (χ4n) is 3.94. The van der Waals surface area contributed by atoms with Crippen LogP contribution in [0.4, 0.5) is 0 Å². The Kier molecular flexibility index (Phi) is 7.13. The predicted octanol–water partition coefficient (Wildman–Crippen LogP) is 2.26. The van der Waals surface area contributed by atoms with Gasteiger partial charge in [0.15, 0.2) is 5.65 Å². The van der Waals surface area contributed by atoms with E-state index in [0.29, 0.717) is 43.8 Å². The number of likely N-dealkylation sites (tertiary alicyclic amines) is 1. The molecule has 10 heteroatoms. The largest absolute Gasteiger partial charge is 0.473 e. The number of allylic oxidation sites excluding steroid dienone is 1. The van der Waals surface area contributed by atoms with Crippen LogP contribution in [-0.4, -0.2) is 88.8 Å². The van der Waals surface area contributed by atoms with Crippen LogP contribution in [0.3, 0.4) is 0 Å². The molecule has 4 rings (SSSR count). The number of fused-ring (bicyclic) bond motifs is 1. The maximum Gasteiger partial charge on any atom is 0.245 e. The van der Waals surface area contributed by atoms with E-state index < -0.39 is 0 Å². The SMILES string of the molecule is C=CC(=O)N1CCC(Oc2cnc3[nH]cc(/C(C)=C/N=C(\N=C)N4CCOCC4)c3n2)CC1. The van der Waals surface area contributed by atoms with Crippen molar-refractivity contribution in [2.45, 2.75) is 25.9 Å². The number of carbonyl (C=O) groups is 1. The van der Waals surface area contributed by atoms with Crippen molar-refractivity contribution in [3.05, 3.63) is 36.8 Å². The van der Waals surface area contributed by atoms with E-state index in [1.165, 1.54) is 6.08 Å². The Morgan fingerprint density at radius 3 is 2.73 bits per heavy atom. The number of nitrogens with one attached hydrogen (secondary N) is 1. The molecule has 2 fully saturated rings. The molecule has 1 N–H and O–H groups in total. The number of piperidine rings is 1. The minimum atomic E-state index is -0.0417. The molecule has 0 aliphatic carbocycles. The Labute approximate surface area is 192 Å². The van der Waals surface area contributed by atoms with Crippen LogP contribution in [0.5, 0.6) is 5.88 Å². The zero-order chi connectivity index (χ0) is 23.2. The van der Waals surface area contributed by atoms with Crippen molar-refractivity contribution < 1.29 is 14.3 Å². The lowest BCUT2D eigenvalue weighted by Crippen LogP contribution is -2.41. The smallest absolute Gasteiger partial charge is 0.245 e. The van der Waals surface area contributed by atoms with Gasteiger partial charge in [0.05, 0.1) is 19.4 Å². The van der Waals surface area contributed by atoms with Crippen molar-refractivity contribution in [2.75, 3.05) is 39.4 Å². The molecule has 0 atom stereocenters. The second kappa shape index (κ2) is 10.4. The average Bonchev–Trinajstić information content (AvgIpc) is 3.28. The summed E-state index contributed by atoms with van der Waals surface area (Å²) in [6.45, 7) is 13.2. The molecule has 4 heterocycles. The minimum absolute atomic E-state index is 0.0102.